The number of aliphatic hydroxyl groups excluding tert-OH is 1. The number of carbonyl (C=O) groups is 1. The number of benzene rings is 3. The molecule has 1 unspecified atom stereocenters. The first-order valence-electron chi connectivity index (χ1n) is 11.4. The van der Waals surface area contributed by atoms with Gasteiger partial charge in [-0.3, -0.25) is 4.79 Å². The Morgan fingerprint density at radius 1 is 0.909 bits per heavy atom. The molecule has 1 fully saturated rings. The highest BCUT2D eigenvalue weighted by Crippen LogP contribution is 2.27. The fraction of sp³-hybridized carbons (Fsp3) is 0.346. The van der Waals surface area contributed by atoms with Crippen molar-refractivity contribution in [1.82, 2.24) is 10.0 Å². The molecule has 0 bridgehead atoms. The summed E-state index contributed by atoms with van der Waals surface area (Å²) in [6.45, 7) is -0.123. The van der Waals surface area contributed by atoms with Crippen LogP contribution in [0.25, 0.3) is 10.8 Å². The van der Waals surface area contributed by atoms with Crippen LogP contribution in [0, 0.1) is 5.92 Å². The molecule has 1 atom stereocenters. The van der Waals surface area contributed by atoms with E-state index in [4.69, 9.17) is 0 Å². The normalized spacial score (nSPS) is 19.8. The number of rotatable bonds is 8. The molecule has 1 aliphatic rings. The van der Waals surface area contributed by atoms with Crippen LogP contribution < -0.4 is 10.0 Å². The Balaban J connectivity index is 1.30. The van der Waals surface area contributed by atoms with Crippen LogP contribution in [0.1, 0.15) is 31.2 Å². The zero-order chi connectivity index (χ0) is 23.3. The monoisotopic (exact) mass is 466 g/mol. The van der Waals surface area contributed by atoms with Gasteiger partial charge >= 0.3 is 0 Å². The van der Waals surface area contributed by atoms with E-state index in [1.165, 1.54) is 0 Å². The lowest BCUT2D eigenvalue weighted by Crippen LogP contribution is -2.45. The summed E-state index contributed by atoms with van der Waals surface area (Å²) in [6, 6.07) is 22.0. The topological polar surface area (TPSA) is 95.5 Å². The molecule has 1 saturated carbocycles. The highest BCUT2D eigenvalue weighted by atomic mass is 32.2. The van der Waals surface area contributed by atoms with Gasteiger partial charge in [0, 0.05) is 12.0 Å². The number of hydrogen-bond acceptors (Lipinski definition) is 4. The van der Waals surface area contributed by atoms with Crippen molar-refractivity contribution in [1.29, 1.82) is 0 Å². The Hall–Kier alpha value is -2.74. The third kappa shape index (κ3) is 5.99. The molecule has 33 heavy (non-hydrogen) atoms. The van der Waals surface area contributed by atoms with Crippen LogP contribution in [0.5, 0.6) is 0 Å². The molecule has 0 aromatic heterocycles. The van der Waals surface area contributed by atoms with Crippen LogP contribution >= 0.6 is 0 Å². The minimum absolute atomic E-state index is 0.0687. The molecule has 0 spiro atoms. The van der Waals surface area contributed by atoms with Gasteiger partial charge in [0.15, 0.2) is 0 Å². The maximum absolute atomic E-state index is 12.9. The van der Waals surface area contributed by atoms with Gasteiger partial charge in [-0.05, 0) is 60.6 Å². The van der Waals surface area contributed by atoms with E-state index >= 15 is 0 Å². The maximum Gasteiger partial charge on any atom is 0.240 e. The van der Waals surface area contributed by atoms with E-state index in [0.717, 1.165) is 16.3 Å². The Kier molecular flexibility index (Phi) is 7.42. The second-order valence-electron chi connectivity index (χ2n) is 8.76. The van der Waals surface area contributed by atoms with E-state index in [1.54, 1.807) is 12.1 Å². The molecule has 0 heterocycles. The summed E-state index contributed by atoms with van der Waals surface area (Å²) < 4.78 is 28.6. The summed E-state index contributed by atoms with van der Waals surface area (Å²) in [7, 11) is -3.63. The van der Waals surface area contributed by atoms with Gasteiger partial charge in [0.05, 0.1) is 17.5 Å². The number of nitrogens with one attached hydrogen (secondary N) is 2. The maximum atomic E-state index is 12.9. The van der Waals surface area contributed by atoms with Gasteiger partial charge in [-0.15, -0.1) is 0 Å². The summed E-state index contributed by atoms with van der Waals surface area (Å²) in [4.78, 5) is 13.0. The quantitative estimate of drug-likeness (QED) is 0.474. The Morgan fingerprint density at radius 2 is 1.58 bits per heavy atom. The van der Waals surface area contributed by atoms with Crippen molar-refractivity contribution in [2.75, 3.05) is 6.61 Å². The molecular weight excluding hydrogens is 436 g/mol. The second-order valence-corrected chi connectivity index (χ2v) is 10.5. The first kappa shape index (κ1) is 23.4. The van der Waals surface area contributed by atoms with Crippen LogP contribution in [-0.2, 0) is 21.2 Å². The molecule has 1 aliphatic carbocycles. The highest BCUT2D eigenvalue weighted by Gasteiger charge is 2.30. The average molecular weight is 467 g/mol. The van der Waals surface area contributed by atoms with Crippen molar-refractivity contribution >= 4 is 26.7 Å². The van der Waals surface area contributed by atoms with E-state index in [-0.39, 0.29) is 35.4 Å². The zero-order valence-corrected chi connectivity index (χ0v) is 19.3. The van der Waals surface area contributed by atoms with Gasteiger partial charge in [-0.2, -0.15) is 0 Å². The molecule has 0 aliphatic heterocycles. The molecule has 0 radical (unpaired) electrons. The van der Waals surface area contributed by atoms with Crippen molar-refractivity contribution in [3.63, 3.8) is 0 Å². The Labute approximate surface area is 195 Å². The third-order valence-corrected chi connectivity index (χ3v) is 7.86. The van der Waals surface area contributed by atoms with Gasteiger partial charge in [-0.1, -0.05) is 60.7 Å². The predicted octanol–water partition coefficient (Wildman–Crippen LogP) is 3.40. The van der Waals surface area contributed by atoms with Crippen LogP contribution in [0.3, 0.4) is 0 Å². The Bertz CT molecular complexity index is 1190. The fourth-order valence-corrected chi connectivity index (χ4v) is 5.81. The summed E-state index contributed by atoms with van der Waals surface area (Å²) in [5, 5.41) is 14.5. The van der Waals surface area contributed by atoms with Gasteiger partial charge in [-0.25, -0.2) is 13.1 Å². The molecule has 1 amide bonds. The van der Waals surface area contributed by atoms with Crippen molar-refractivity contribution in [2.24, 2.45) is 5.92 Å². The lowest BCUT2D eigenvalue weighted by atomic mass is 9.85. The number of fused-ring (bicyclic) bond motifs is 1. The number of carbonyl (C=O) groups excluding carboxylic acids is 1. The standard InChI is InChI=1S/C26H30N2O4S/c29-18-24(16-19-6-2-1-3-7-19)27-26(30)21-10-13-23(14-11-21)28-33(31,32)25-15-12-20-8-4-5-9-22(20)17-25/h1-9,12,15,17,21,23-24,28-29H,10-11,13-14,16,18H2,(H,27,30). The first-order valence-corrected chi connectivity index (χ1v) is 12.9. The lowest BCUT2D eigenvalue weighted by Gasteiger charge is -2.29. The molecule has 3 N–H and O–H groups in total. The number of sulfonamides is 1. The van der Waals surface area contributed by atoms with Crippen LogP contribution in [0.2, 0.25) is 0 Å². The number of amides is 1. The zero-order valence-electron chi connectivity index (χ0n) is 18.5. The van der Waals surface area contributed by atoms with Crippen molar-refractivity contribution < 1.29 is 18.3 Å². The first-order chi connectivity index (χ1) is 15.9. The van der Waals surface area contributed by atoms with Crippen molar-refractivity contribution in [3.8, 4) is 0 Å². The molecule has 3 aromatic carbocycles. The fourth-order valence-electron chi connectivity index (χ4n) is 4.47. The summed E-state index contributed by atoms with van der Waals surface area (Å²) in [5.41, 5.74) is 1.06. The van der Waals surface area contributed by atoms with E-state index in [2.05, 4.69) is 10.0 Å². The van der Waals surface area contributed by atoms with Crippen LogP contribution in [-0.4, -0.2) is 38.1 Å². The van der Waals surface area contributed by atoms with Crippen LogP contribution in [0.15, 0.2) is 77.7 Å². The van der Waals surface area contributed by atoms with E-state index in [0.29, 0.717) is 32.1 Å². The predicted molar refractivity (Wildman–Crippen MR) is 129 cm³/mol. The molecule has 4 rings (SSSR count). The minimum atomic E-state index is -3.63. The third-order valence-electron chi connectivity index (χ3n) is 6.34. The minimum Gasteiger partial charge on any atom is -0.394 e. The second kappa shape index (κ2) is 10.5. The summed E-state index contributed by atoms with van der Waals surface area (Å²) in [5.74, 6) is -0.239. The van der Waals surface area contributed by atoms with Gasteiger partial charge in [0.1, 0.15) is 0 Å². The lowest BCUT2D eigenvalue weighted by molar-refractivity contribution is -0.127. The molecule has 3 aromatic rings. The van der Waals surface area contributed by atoms with E-state index in [1.807, 2.05) is 60.7 Å². The number of aliphatic hydroxyl groups is 1. The van der Waals surface area contributed by atoms with E-state index in [9.17, 15) is 18.3 Å². The van der Waals surface area contributed by atoms with Gasteiger partial charge < -0.3 is 10.4 Å². The van der Waals surface area contributed by atoms with Crippen molar-refractivity contribution in [3.05, 3.63) is 78.4 Å². The molecule has 7 heteroatoms. The van der Waals surface area contributed by atoms with Crippen molar-refractivity contribution in [2.45, 2.75) is 49.1 Å². The molecule has 0 saturated heterocycles. The molecule has 174 valence electrons. The van der Waals surface area contributed by atoms with Gasteiger partial charge in [0.2, 0.25) is 15.9 Å². The molecule has 6 nitrogen and oxygen atoms in total. The smallest absolute Gasteiger partial charge is 0.240 e. The largest absolute Gasteiger partial charge is 0.394 e. The number of hydrogen-bond donors (Lipinski definition) is 3. The van der Waals surface area contributed by atoms with E-state index < -0.39 is 10.0 Å². The average Bonchev–Trinajstić information content (AvgIpc) is 2.84. The van der Waals surface area contributed by atoms with Crippen LogP contribution in [0.4, 0.5) is 0 Å². The van der Waals surface area contributed by atoms with Gasteiger partial charge in [0.25, 0.3) is 0 Å². The summed E-state index contributed by atoms with van der Waals surface area (Å²) >= 11 is 0. The SMILES string of the molecule is O=C(NC(CO)Cc1ccccc1)C1CCC(NS(=O)(=O)c2ccc3ccccc3c2)CC1. The summed E-state index contributed by atoms with van der Waals surface area (Å²) in [6.07, 6.45) is 3.01. The Morgan fingerprint density at radius 3 is 2.27 bits per heavy atom. The highest BCUT2D eigenvalue weighted by molar-refractivity contribution is 7.89. The molecular formula is C26H30N2O4S.